The lowest BCUT2D eigenvalue weighted by molar-refractivity contribution is -0.115. The topological polar surface area (TPSA) is 64.1 Å². The smallest absolute Gasteiger partial charge is 0.225 e. The van der Waals surface area contributed by atoms with Crippen molar-refractivity contribution in [2.75, 3.05) is 18.2 Å². The zero-order chi connectivity index (χ0) is 18.7. The van der Waals surface area contributed by atoms with Crippen LogP contribution in [0.25, 0.3) is 10.2 Å². The predicted octanol–water partition coefficient (Wildman–Crippen LogP) is 5.09. The highest BCUT2D eigenvalue weighted by molar-refractivity contribution is 7.99. The number of carbonyl (C=O) groups excluding carboxylic acids is 1. The van der Waals surface area contributed by atoms with Crippen molar-refractivity contribution in [3.8, 4) is 5.75 Å². The molecular weight excluding hydrogens is 390 g/mol. The zero-order valence-electron chi connectivity index (χ0n) is 14.6. The summed E-state index contributed by atoms with van der Waals surface area (Å²) in [5.74, 6) is 1.11. The van der Waals surface area contributed by atoms with Crippen LogP contribution in [0.5, 0.6) is 5.75 Å². The summed E-state index contributed by atoms with van der Waals surface area (Å²) in [4.78, 5) is 23.2. The summed E-state index contributed by atoms with van der Waals surface area (Å²) < 4.78 is 5.24. The number of rotatable bonds is 6. The number of nitrogens with zero attached hydrogens (tertiary/aromatic N) is 2. The molecule has 0 saturated carbocycles. The zero-order valence-corrected chi connectivity index (χ0v) is 17.0. The van der Waals surface area contributed by atoms with Crippen LogP contribution in [0.3, 0.4) is 0 Å². The van der Waals surface area contributed by atoms with Gasteiger partial charge in [-0.2, -0.15) is 0 Å². The summed E-state index contributed by atoms with van der Waals surface area (Å²) in [6.07, 6.45) is 1.94. The minimum absolute atomic E-state index is 0.0958. The quantitative estimate of drug-likeness (QED) is 0.455. The number of halogens is 1. The van der Waals surface area contributed by atoms with Gasteiger partial charge in [0.15, 0.2) is 0 Å². The lowest BCUT2D eigenvalue weighted by atomic mass is 10.2. The van der Waals surface area contributed by atoms with Crippen molar-refractivity contribution in [3.63, 3.8) is 0 Å². The van der Waals surface area contributed by atoms with Crippen LogP contribution in [0.4, 0.5) is 5.69 Å². The number of aryl methyl sites for hydroxylation is 2. The first-order chi connectivity index (χ1) is 12.5. The fourth-order valence-electron chi connectivity index (χ4n) is 2.49. The van der Waals surface area contributed by atoms with E-state index >= 15 is 0 Å². The molecule has 2 heterocycles. The second-order valence-corrected chi connectivity index (χ2v) is 8.36. The van der Waals surface area contributed by atoms with Crippen molar-refractivity contribution < 1.29 is 9.53 Å². The second-order valence-electron chi connectivity index (χ2n) is 5.63. The van der Waals surface area contributed by atoms with Crippen LogP contribution in [0.2, 0.25) is 5.02 Å². The number of hydrogen-bond donors (Lipinski definition) is 1. The van der Waals surface area contributed by atoms with Gasteiger partial charge in [-0.05, 0) is 37.6 Å². The van der Waals surface area contributed by atoms with Gasteiger partial charge < -0.3 is 10.1 Å². The minimum atomic E-state index is -0.0958. The van der Waals surface area contributed by atoms with Crippen molar-refractivity contribution in [2.24, 2.45) is 0 Å². The molecule has 0 aliphatic heterocycles. The monoisotopic (exact) mass is 407 g/mol. The van der Waals surface area contributed by atoms with Gasteiger partial charge in [-0.3, -0.25) is 4.79 Å². The van der Waals surface area contributed by atoms with Gasteiger partial charge in [0.25, 0.3) is 0 Å². The summed E-state index contributed by atoms with van der Waals surface area (Å²) in [5.41, 5.74) is 1.78. The standard InChI is InChI=1S/C18H18ClN3O2S2/c1-10-11(2)26-18-16(10)17(20-9-21-18)25-7-6-15(23)22-13-8-12(19)4-5-14(13)24-3/h4-5,8-9H,6-7H2,1-3H3,(H,22,23). The van der Waals surface area contributed by atoms with Gasteiger partial charge >= 0.3 is 0 Å². The molecule has 3 aromatic rings. The predicted molar refractivity (Wildman–Crippen MR) is 109 cm³/mol. The van der Waals surface area contributed by atoms with Gasteiger partial charge in [0.05, 0.1) is 12.8 Å². The number of benzene rings is 1. The number of fused-ring (bicyclic) bond motifs is 1. The number of nitrogens with one attached hydrogen (secondary N) is 1. The van der Waals surface area contributed by atoms with E-state index < -0.39 is 0 Å². The largest absolute Gasteiger partial charge is 0.495 e. The van der Waals surface area contributed by atoms with E-state index in [9.17, 15) is 4.79 Å². The van der Waals surface area contributed by atoms with Crippen LogP contribution in [0.15, 0.2) is 29.6 Å². The maximum Gasteiger partial charge on any atom is 0.225 e. The summed E-state index contributed by atoms with van der Waals surface area (Å²) in [6.45, 7) is 4.17. The highest BCUT2D eigenvalue weighted by Gasteiger charge is 2.13. The van der Waals surface area contributed by atoms with Crippen LogP contribution in [0, 0.1) is 13.8 Å². The van der Waals surface area contributed by atoms with Gasteiger partial charge in [-0.25, -0.2) is 9.97 Å². The molecule has 2 aromatic heterocycles. The Morgan fingerprint density at radius 3 is 2.92 bits per heavy atom. The fraction of sp³-hybridized carbons (Fsp3) is 0.278. The first-order valence-corrected chi connectivity index (χ1v) is 10.1. The molecule has 8 heteroatoms. The van der Waals surface area contributed by atoms with E-state index in [-0.39, 0.29) is 5.91 Å². The Labute approximate surface area is 165 Å². The number of aromatic nitrogens is 2. The van der Waals surface area contributed by atoms with Crippen molar-refractivity contribution in [3.05, 3.63) is 40.0 Å². The molecule has 0 unspecified atom stereocenters. The SMILES string of the molecule is COc1ccc(Cl)cc1NC(=O)CCSc1ncnc2sc(C)c(C)c12. The van der Waals surface area contributed by atoms with E-state index in [0.29, 0.717) is 28.6 Å². The third-order valence-corrected chi connectivity index (χ3v) is 6.28. The first kappa shape index (κ1) is 18.9. The third-order valence-electron chi connectivity index (χ3n) is 3.93. The lowest BCUT2D eigenvalue weighted by Crippen LogP contribution is -2.13. The molecule has 0 aliphatic rings. The Morgan fingerprint density at radius 1 is 1.35 bits per heavy atom. The Balaban J connectivity index is 1.64. The molecule has 1 aromatic carbocycles. The lowest BCUT2D eigenvalue weighted by Gasteiger charge is -2.10. The molecule has 5 nitrogen and oxygen atoms in total. The number of hydrogen-bond acceptors (Lipinski definition) is 6. The van der Waals surface area contributed by atoms with Crippen LogP contribution in [-0.2, 0) is 4.79 Å². The molecule has 0 bridgehead atoms. The summed E-state index contributed by atoms with van der Waals surface area (Å²) in [5, 5.41) is 5.41. The summed E-state index contributed by atoms with van der Waals surface area (Å²) in [7, 11) is 1.56. The Bertz CT molecular complexity index is 959. The number of amides is 1. The molecular formula is C18H18ClN3O2S2. The molecule has 136 valence electrons. The highest BCUT2D eigenvalue weighted by atomic mass is 35.5. The van der Waals surface area contributed by atoms with E-state index in [1.165, 1.54) is 10.4 Å². The minimum Gasteiger partial charge on any atom is -0.495 e. The number of thioether (sulfide) groups is 1. The van der Waals surface area contributed by atoms with E-state index in [1.807, 2.05) is 0 Å². The van der Waals surface area contributed by atoms with Gasteiger partial charge in [0.1, 0.15) is 21.9 Å². The average Bonchev–Trinajstić information content (AvgIpc) is 2.90. The number of anilines is 1. The molecule has 26 heavy (non-hydrogen) atoms. The van der Waals surface area contributed by atoms with Crippen molar-refractivity contribution >= 4 is 56.5 Å². The first-order valence-electron chi connectivity index (χ1n) is 7.96. The average molecular weight is 408 g/mol. The van der Waals surface area contributed by atoms with Crippen molar-refractivity contribution in [1.29, 1.82) is 0 Å². The van der Waals surface area contributed by atoms with Gasteiger partial charge in [0.2, 0.25) is 5.91 Å². The van der Waals surface area contributed by atoms with Crippen molar-refractivity contribution in [1.82, 2.24) is 9.97 Å². The van der Waals surface area contributed by atoms with E-state index in [2.05, 4.69) is 29.1 Å². The maximum absolute atomic E-state index is 12.3. The molecule has 0 saturated heterocycles. The second kappa shape index (κ2) is 8.24. The number of thiophene rings is 1. The molecule has 1 amide bonds. The number of methoxy groups -OCH3 is 1. The van der Waals surface area contributed by atoms with Gasteiger partial charge in [-0.1, -0.05) is 11.6 Å². The molecule has 0 fully saturated rings. The van der Waals surface area contributed by atoms with Crippen LogP contribution < -0.4 is 10.1 Å². The van der Waals surface area contributed by atoms with Crippen molar-refractivity contribution in [2.45, 2.75) is 25.3 Å². The normalized spacial score (nSPS) is 10.9. The number of carbonyl (C=O) groups is 1. The van der Waals surface area contributed by atoms with Gasteiger partial charge in [-0.15, -0.1) is 23.1 Å². The maximum atomic E-state index is 12.3. The summed E-state index contributed by atoms with van der Waals surface area (Å²) in [6, 6.07) is 5.13. The Hall–Kier alpha value is -1.83. The van der Waals surface area contributed by atoms with Crippen LogP contribution in [0.1, 0.15) is 16.9 Å². The Morgan fingerprint density at radius 2 is 2.15 bits per heavy atom. The molecule has 1 N–H and O–H groups in total. The van der Waals surface area contributed by atoms with Gasteiger partial charge in [0, 0.05) is 27.5 Å². The van der Waals surface area contributed by atoms with Crippen LogP contribution >= 0.6 is 34.7 Å². The summed E-state index contributed by atoms with van der Waals surface area (Å²) >= 11 is 9.23. The molecule has 0 radical (unpaired) electrons. The highest BCUT2D eigenvalue weighted by Crippen LogP contribution is 2.34. The fourth-order valence-corrected chi connectivity index (χ4v) is 4.72. The number of ether oxygens (including phenoxy) is 1. The third kappa shape index (κ3) is 4.11. The van der Waals surface area contributed by atoms with E-state index in [1.54, 1.807) is 54.7 Å². The molecule has 3 rings (SSSR count). The molecule has 0 aliphatic carbocycles. The van der Waals surface area contributed by atoms with E-state index in [0.717, 1.165) is 15.2 Å². The Kier molecular flexibility index (Phi) is 6.01. The molecule has 0 atom stereocenters. The van der Waals surface area contributed by atoms with E-state index in [4.69, 9.17) is 16.3 Å². The molecule has 0 spiro atoms. The van der Waals surface area contributed by atoms with Crippen LogP contribution in [-0.4, -0.2) is 28.7 Å².